The predicted octanol–water partition coefficient (Wildman–Crippen LogP) is 2.65. The summed E-state index contributed by atoms with van der Waals surface area (Å²) in [6.07, 6.45) is 1.36. The minimum absolute atomic E-state index is 0.0276. The molecule has 1 N–H and O–H groups in total. The SMILES string of the molecule is CCn1cc(S(=O)(=O)N(C)c2cc(C)ccc2C)cc1C(=O)O. The van der Waals surface area contributed by atoms with Crippen molar-refractivity contribution >= 4 is 21.7 Å². The summed E-state index contributed by atoms with van der Waals surface area (Å²) >= 11 is 0. The molecule has 23 heavy (non-hydrogen) atoms. The van der Waals surface area contributed by atoms with Gasteiger partial charge < -0.3 is 9.67 Å². The smallest absolute Gasteiger partial charge is 0.352 e. The van der Waals surface area contributed by atoms with Gasteiger partial charge in [0.2, 0.25) is 0 Å². The van der Waals surface area contributed by atoms with Crippen molar-refractivity contribution in [2.75, 3.05) is 11.4 Å². The van der Waals surface area contributed by atoms with Crippen molar-refractivity contribution in [2.24, 2.45) is 0 Å². The van der Waals surface area contributed by atoms with Gasteiger partial charge in [-0.2, -0.15) is 0 Å². The molecule has 1 aromatic heterocycles. The van der Waals surface area contributed by atoms with E-state index in [2.05, 4.69) is 0 Å². The number of benzene rings is 1. The van der Waals surface area contributed by atoms with E-state index in [1.165, 1.54) is 28.2 Å². The van der Waals surface area contributed by atoms with E-state index < -0.39 is 16.0 Å². The Bertz CT molecular complexity index is 853. The number of carboxylic acids is 1. The Balaban J connectivity index is 2.53. The van der Waals surface area contributed by atoms with Crippen LogP contribution in [0.25, 0.3) is 0 Å². The normalized spacial score (nSPS) is 11.5. The number of hydrogen-bond acceptors (Lipinski definition) is 3. The zero-order valence-electron chi connectivity index (χ0n) is 13.6. The van der Waals surface area contributed by atoms with Crippen LogP contribution >= 0.6 is 0 Å². The molecule has 6 nitrogen and oxygen atoms in total. The number of aryl methyl sites for hydroxylation is 3. The lowest BCUT2D eigenvalue weighted by Gasteiger charge is -2.21. The Morgan fingerprint density at radius 1 is 1.26 bits per heavy atom. The monoisotopic (exact) mass is 336 g/mol. The molecule has 0 saturated carbocycles. The minimum atomic E-state index is -3.83. The highest BCUT2D eigenvalue weighted by Crippen LogP contribution is 2.27. The molecule has 0 spiro atoms. The molecule has 2 aromatic rings. The summed E-state index contributed by atoms with van der Waals surface area (Å²) in [7, 11) is -2.35. The molecule has 0 aliphatic rings. The van der Waals surface area contributed by atoms with Crippen molar-refractivity contribution in [3.05, 3.63) is 47.3 Å². The molecular weight excluding hydrogens is 316 g/mol. The average Bonchev–Trinajstić information content (AvgIpc) is 2.94. The van der Waals surface area contributed by atoms with Crippen LogP contribution in [0.2, 0.25) is 0 Å². The molecule has 2 rings (SSSR count). The maximum atomic E-state index is 12.8. The fourth-order valence-electron chi connectivity index (χ4n) is 2.41. The third kappa shape index (κ3) is 3.10. The van der Waals surface area contributed by atoms with E-state index in [0.29, 0.717) is 12.2 Å². The fraction of sp³-hybridized carbons (Fsp3) is 0.312. The van der Waals surface area contributed by atoms with E-state index in [9.17, 15) is 18.3 Å². The fourth-order valence-corrected chi connectivity index (χ4v) is 3.70. The number of sulfonamides is 1. The molecular formula is C16H20N2O4S. The van der Waals surface area contributed by atoms with Crippen molar-refractivity contribution in [3.63, 3.8) is 0 Å². The Kier molecular flexibility index (Phi) is 4.51. The number of nitrogens with zero attached hydrogens (tertiary/aromatic N) is 2. The third-order valence-electron chi connectivity index (χ3n) is 3.79. The van der Waals surface area contributed by atoms with Crippen molar-refractivity contribution < 1.29 is 18.3 Å². The third-order valence-corrected chi connectivity index (χ3v) is 5.53. The van der Waals surface area contributed by atoms with Gasteiger partial charge in [0.15, 0.2) is 0 Å². The van der Waals surface area contributed by atoms with Crippen LogP contribution in [0.5, 0.6) is 0 Å². The average molecular weight is 336 g/mol. The summed E-state index contributed by atoms with van der Waals surface area (Å²) in [5.74, 6) is -1.15. The van der Waals surface area contributed by atoms with Crippen molar-refractivity contribution in [2.45, 2.75) is 32.2 Å². The first-order valence-electron chi connectivity index (χ1n) is 7.18. The van der Waals surface area contributed by atoms with Gasteiger partial charge in [0.1, 0.15) is 10.6 Å². The van der Waals surface area contributed by atoms with Crippen LogP contribution in [-0.2, 0) is 16.6 Å². The van der Waals surface area contributed by atoms with E-state index in [0.717, 1.165) is 11.1 Å². The van der Waals surface area contributed by atoms with Crippen LogP contribution in [-0.4, -0.2) is 31.1 Å². The molecule has 1 aromatic carbocycles. The Morgan fingerprint density at radius 3 is 2.43 bits per heavy atom. The molecule has 0 amide bonds. The van der Waals surface area contributed by atoms with Crippen LogP contribution in [0, 0.1) is 13.8 Å². The number of rotatable bonds is 5. The summed E-state index contributed by atoms with van der Waals surface area (Å²) < 4.78 is 28.2. The summed E-state index contributed by atoms with van der Waals surface area (Å²) in [5.41, 5.74) is 2.31. The highest BCUT2D eigenvalue weighted by atomic mass is 32.2. The maximum absolute atomic E-state index is 12.8. The summed E-state index contributed by atoms with van der Waals surface area (Å²) in [4.78, 5) is 11.2. The molecule has 124 valence electrons. The quantitative estimate of drug-likeness (QED) is 0.910. The second kappa shape index (κ2) is 6.08. The van der Waals surface area contributed by atoms with Gasteiger partial charge in [-0.3, -0.25) is 4.31 Å². The highest BCUT2D eigenvalue weighted by Gasteiger charge is 2.26. The van der Waals surface area contributed by atoms with Gasteiger partial charge in [0, 0.05) is 19.8 Å². The largest absolute Gasteiger partial charge is 0.477 e. The van der Waals surface area contributed by atoms with Crippen molar-refractivity contribution in [1.82, 2.24) is 4.57 Å². The van der Waals surface area contributed by atoms with Crippen LogP contribution in [0.15, 0.2) is 35.4 Å². The van der Waals surface area contributed by atoms with E-state index in [1.807, 2.05) is 26.0 Å². The molecule has 0 bridgehead atoms. The Labute approximate surface area is 136 Å². The first-order chi connectivity index (χ1) is 10.7. The van der Waals surface area contributed by atoms with E-state index in [-0.39, 0.29) is 10.6 Å². The van der Waals surface area contributed by atoms with Crippen molar-refractivity contribution in [1.29, 1.82) is 0 Å². The lowest BCUT2D eigenvalue weighted by atomic mass is 10.1. The van der Waals surface area contributed by atoms with Gasteiger partial charge >= 0.3 is 5.97 Å². The summed E-state index contributed by atoms with van der Waals surface area (Å²) in [5, 5.41) is 9.18. The number of anilines is 1. The number of carbonyl (C=O) groups is 1. The predicted molar refractivity (Wildman–Crippen MR) is 88.6 cm³/mol. The van der Waals surface area contributed by atoms with E-state index >= 15 is 0 Å². The van der Waals surface area contributed by atoms with Crippen LogP contribution in [0.1, 0.15) is 28.5 Å². The first kappa shape index (κ1) is 17.1. The molecule has 0 saturated heterocycles. The molecule has 0 radical (unpaired) electrons. The Morgan fingerprint density at radius 2 is 1.91 bits per heavy atom. The molecule has 0 aliphatic carbocycles. The summed E-state index contributed by atoms with van der Waals surface area (Å²) in [6.45, 7) is 5.86. The lowest BCUT2D eigenvalue weighted by Crippen LogP contribution is -2.27. The van der Waals surface area contributed by atoms with Gasteiger partial charge in [-0.25, -0.2) is 13.2 Å². The summed E-state index contributed by atoms with van der Waals surface area (Å²) in [6, 6.07) is 6.76. The van der Waals surface area contributed by atoms with Gasteiger partial charge in [0.25, 0.3) is 10.0 Å². The second-order valence-corrected chi connectivity index (χ2v) is 7.38. The Hall–Kier alpha value is -2.28. The van der Waals surface area contributed by atoms with Crippen LogP contribution in [0.3, 0.4) is 0 Å². The topological polar surface area (TPSA) is 79.6 Å². The van der Waals surface area contributed by atoms with Gasteiger partial charge in [0.05, 0.1) is 5.69 Å². The van der Waals surface area contributed by atoms with E-state index in [4.69, 9.17) is 0 Å². The number of aromatic carboxylic acids is 1. The van der Waals surface area contributed by atoms with Gasteiger partial charge in [-0.1, -0.05) is 12.1 Å². The zero-order chi connectivity index (χ0) is 17.4. The van der Waals surface area contributed by atoms with Gasteiger partial charge in [-0.05, 0) is 44.0 Å². The molecule has 7 heteroatoms. The first-order valence-corrected chi connectivity index (χ1v) is 8.62. The maximum Gasteiger partial charge on any atom is 0.352 e. The highest BCUT2D eigenvalue weighted by molar-refractivity contribution is 7.92. The van der Waals surface area contributed by atoms with E-state index in [1.54, 1.807) is 13.0 Å². The number of carboxylic acid groups (broad SMARTS) is 1. The van der Waals surface area contributed by atoms with Crippen LogP contribution < -0.4 is 4.31 Å². The molecule has 0 atom stereocenters. The standard InChI is InChI=1S/C16H20N2O4S/c1-5-18-10-13(9-15(18)16(19)20)23(21,22)17(4)14-8-11(2)6-7-12(14)3/h6-10H,5H2,1-4H3,(H,19,20). The number of hydrogen-bond donors (Lipinski definition) is 1. The van der Waals surface area contributed by atoms with Gasteiger partial charge in [-0.15, -0.1) is 0 Å². The molecule has 0 aliphatic heterocycles. The van der Waals surface area contributed by atoms with Crippen LogP contribution in [0.4, 0.5) is 5.69 Å². The molecule has 1 heterocycles. The molecule has 0 unspecified atom stereocenters. The number of aromatic nitrogens is 1. The molecule has 0 fully saturated rings. The second-order valence-electron chi connectivity index (χ2n) is 5.41. The zero-order valence-corrected chi connectivity index (χ0v) is 14.4. The van der Waals surface area contributed by atoms with Crippen molar-refractivity contribution in [3.8, 4) is 0 Å². The lowest BCUT2D eigenvalue weighted by molar-refractivity contribution is 0.0685. The minimum Gasteiger partial charge on any atom is -0.477 e.